The number of hydrogen-bond donors (Lipinski definition) is 2. The zero-order valence-electron chi connectivity index (χ0n) is 12.1. The zero-order chi connectivity index (χ0) is 13.6. The molecule has 3 N–H and O–H groups in total. The van der Waals surface area contributed by atoms with Crippen LogP contribution in [-0.2, 0) is 5.41 Å². The van der Waals surface area contributed by atoms with E-state index in [2.05, 4.69) is 22.3 Å². The van der Waals surface area contributed by atoms with Crippen LogP contribution >= 0.6 is 0 Å². The van der Waals surface area contributed by atoms with Gasteiger partial charge in [0.1, 0.15) is 0 Å². The molecule has 1 atom stereocenters. The van der Waals surface area contributed by atoms with Crippen LogP contribution in [0.25, 0.3) is 0 Å². The Morgan fingerprint density at radius 3 is 2.55 bits per heavy atom. The predicted molar refractivity (Wildman–Crippen MR) is 82.8 cm³/mol. The number of rotatable bonds is 5. The first-order valence-electron chi connectivity index (χ1n) is 8.09. The molecular weight excluding hydrogens is 246 g/mol. The molecule has 1 aliphatic heterocycles. The van der Waals surface area contributed by atoms with Crippen molar-refractivity contribution in [1.82, 2.24) is 10.2 Å². The third-order valence-corrected chi connectivity index (χ3v) is 5.39. The zero-order valence-corrected chi connectivity index (χ0v) is 12.1. The van der Waals surface area contributed by atoms with Crippen molar-refractivity contribution >= 4 is 5.69 Å². The van der Waals surface area contributed by atoms with Crippen LogP contribution in [0, 0.1) is 0 Å². The fraction of sp³-hybridized carbons (Fsp3) is 0.647. The van der Waals surface area contributed by atoms with E-state index in [1.54, 1.807) is 0 Å². The summed E-state index contributed by atoms with van der Waals surface area (Å²) in [6, 6.07) is 10.2. The maximum absolute atomic E-state index is 5.79. The molecule has 0 aromatic heterocycles. The molecule has 3 nitrogen and oxygen atoms in total. The molecule has 1 saturated heterocycles. The minimum absolute atomic E-state index is 0.403. The fourth-order valence-corrected chi connectivity index (χ4v) is 3.62. The van der Waals surface area contributed by atoms with Gasteiger partial charge in [0.2, 0.25) is 0 Å². The number of nitrogens with one attached hydrogen (secondary N) is 1. The molecule has 2 aliphatic carbocycles. The molecule has 1 heterocycles. The van der Waals surface area contributed by atoms with Crippen molar-refractivity contribution in [2.24, 2.45) is 0 Å². The normalized spacial score (nSPS) is 28.7. The van der Waals surface area contributed by atoms with Crippen LogP contribution in [-0.4, -0.2) is 36.6 Å². The van der Waals surface area contributed by atoms with Gasteiger partial charge in [-0.25, -0.2) is 0 Å². The molecule has 108 valence electrons. The van der Waals surface area contributed by atoms with E-state index in [1.165, 1.54) is 50.8 Å². The van der Waals surface area contributed by atoms with Crippen LogP contribution in [0.15, 0.2) is 24.3 Å². The summed E-state index contributed by atoms with van der Waals surface area (Å²) in [5, 5.41) is 3.84. The highest BCUT2D eigenvalue weighted by Crippen LogP contribution is 2.47. The molecule has 0 spiro atoms. The molecule has 4 rings (SSSR count). The Morgan fingerprint density at radius 1 is 1.15 bits per heavy atom. The van der Waals surface area contributed by atoms with Gasteiger partial charge in [0.15, 0.2) is 0 Å². The summed E-state index contributed by atoms with van der Waals surface area (Å²) in [5.74, 6) is 0. The quantitative estimate of drug-likeness (QED) is 0.806. The van der Waals surface area contributed by atoms with Crippen molar-refractivity contribution < 1.29 is 0 Å². The lowest BCUT2D eigenvalue weighted by molar-refractivity contribution is 0.316. The summed E-state index contributed by atoms with van der Waals surface area (Å²) in [6.07, 6.45) is 6.84. The maximum atomic E-state index is 5.79. The summed E-state index contributed by atoms with van der Waals surface area (Å²) < 4.78 is 0. The largest absolute Gasteiger partial charge is 0.399 e. The fourth-order valence-electron chi connectivity index (χ4n) is 3.62. The van der Waals surface area contributed by atoms with Gasteiger partial charge >= 0.3 is 0 Å². The summed E-state index contributed by atoms with van der Waals surface area (Å²) in [7, 11) is 0. The molecule has 0 amide bonds. The molecule has 3 heteroatoms. The smallest absolute Gasteiger partial charge is 0.0314 e. The molecule has 0 radical (unpaired) electrons. The third-order valence-electron chi connectivity index (χ3n) is 5.39. The van der Waals surface area contributed by atoms with Gasteiger partial charge in [-0.2, -0.15) is 0 Å². The average molecular weight is 271 g/mol. The first-order valence-corrected chi connectivity index (χ1v) is 8.09. The topological polar surface area (TPSA) is 41.3 Å². The molecule has 0 bridgehead atoms. The molecule has 20 heavy (non-hydrogen) atoms. The van der Waals surface area contributed by atoms with Gasteiger partial charge in [-0.15, -0.1) is 0 Å². The van der Waals surface area contributed by atoms with E-state index in [0.29, 0.717) is 11.5 Å². The van der Waals surface area contributed by atoms with Crippen molar-refractivity contribution in [3.05, 3.63) is 29.8 Å². The van der Waals surface area contributed by atoms with Crippen molar-refractivity contribution in [3.63, 3.8) is 0 Å². The van der Waals surface area contributed by atoms with E-state index in [9.17, 15) is 0 Å². The second-order valence-corrected chi connectivity index (χ2v) is 6.99. The first kappa shape index (κ1) is 12.7. The average Bonchev–Trinajstić information content (AvgIpc) is 3.38. The number of benzene rings is 1. The second kappa shape index (κ2) is 4.74. The molecule has 2 saturated carbocycles. The Balaban J connectivity index is 1.33. The van der Waals surface area contributed by atoms with E-state index in [4.69, 9.17) is 5.73 Å². The van der Waals surface area contributed by atoms with Crippen LogP contribution in [0.4, 0.5) is 5.69 Å². The summed E-state index contributed by atoms with van der Waals surface area (Å²) in [4.78, 5) is 2.68. The number of anilines is 1. The highest BCUT2D eigenvalue weighted by molar-refractivity contribution is 5.43. The lowest BCUT2D eigenvalue weighted by Gasteiger charge is -2.21. The Bertz CT molecular complexity index is 474. The summed E-state index contributed by atoms with van der Waals surface area (Å²) in [6.45, 7) is 3.71. The molecule has 3 aliphatic rings. The van der Waals surface area contributed by atoms with Crippen molar-refractivity contribution in [3.8, 4) is 0 Å². The number of hydrogen-bond acceptors (Lipinski definition) is 3. The van der Waals surface area contributed by atoms with Crippen molar-refractivity contribution in [1.29, 1.82) is 0 Å². The van der Waals surface area contributed by atoms with Gasteiger partial charge < -0.3 is 11.1 Å². The molecule has 3 fully saturated rings. The lowest BCUT2D eigenvalue weighted by Crippen LogP contribution is -2.38. The van der Waals surface area contributed by atoms with Gasteiger partial charge in [-0.3, -0.25) is 4.90 Å². The standard InChI is InChI=1S/C17H25N3/c18-14-3-1-13(2-4-14)17(8-9-17)12-19-15-7-10-20(11-15)16-5-6-16/h1-4,15-16,19H,5-12,18H2. The first-order chi connectivity index (χ1) is 9.75. The molecule has 1 unspecified atom stereocenters. The third kappa shape index (κ3) is 2.45. The van der Waals surface area contributed by atoms with Gasteiger partial charge in [0.25, 0.3) is 0 Å². The SMILES string of the molecule is Nc1ccc(C2(CNC3CCN(C4CC4)C3)CC2)cc1. The maximum Gasteiger partial charge on any atom is 0.0314 e. The Hall–Kier alpha value is -1.06. The van der Waals surface area contributed by atoms with Crippen molar-refractivity contribution in [2.75, 3.05) is 25.4 Å². The van der Waals surface area contributed by atoms with E-state index < -0.39 is 0 Å². The highest BCUT2D eigenvalue weighted by atomic mass is 15.2. The van der Waals surface area contributed by atoms with Gasteiger partial charge in [0.05, 0.1) is 0 Å². The van der Waals surface area contributed by atoms with E-state index in [0.717, 1.165) is 18.3 Å². The summed E-state index contributed by atoms with van der Waals surface area (Å²) >= 11 is 0. The highest BCUT2D eigenvalue weighted by Gasteiger charge is 2.44. The summed E-state index contributed by atoms with van der Waals surface area (Å²) in [5.41, 5.74) is 8.53. The minimum Gasteiger partial charge on any atom is -0.399 e. The van der Waals surface area contributed by atoms with Gasteiger partial charge in [-0.05, 0) is 49.8 Å². The number of nitrogen functional groups attached to an aromatic ring is 1. The Labute approximate surface area is 121 Å². The van der Waals surface area contributed by atoms with Crippen LogP contribution in [0.1, 0.15) is 37.7 Å². The van der Waals surface area contributed by atoms with Gasteiger partial charge in [-0.1, -0.05) is 12.1 Å². The van der Waals surface area contributed by atoms with Crippen LogP contribution in [0.2, 0.25) is 0 Å². The van der Waals surface area contributed by atoms with Crippen molar-refractivity contribution in [2.45, 2.75) is 49.6 Å². The van der Waals surface area contributed by atoms with E-state index >= 15 is 0 Å². The predicted octanol–water partition coefficient (Wildman–Crippen LogP) is 2.13. The molecular formula is C17H25N3. The van der Waals surface area contributed by atoms with E-state index in [-0.39, 0.29) is 0 Å². The molecule has 1 aromatic carbocycles. The number of nitrogens with zero attached hydrogens (tertiary/aromatic N) is 1. The lowest BCUT2D eigenvalue weighted by atomic mass is 9.95. The van der Waals surface area contributed by atoms with Crippen LogP contribution < -0.4 is 11.1 Å². The van der Waals surface area contributed by atoms with Crippen LogP contribution in [0.3, 0.4) is 0 Å². The number of likely N-dealkylation sites (tertiary alicyclic amines) is 1. The van der Waals surface area contributed by atoms with Gasteiger partial charge in [0, 0.05) is 42.8 Å². The Morgan fingerprint density at radius 2 is 1.90 bits per heavy atom. The monoisotopic (exact) mass is 271 g/mol. The van der Waals surface area contributed by atoms with Crippen LogP contribution in [0.5, 0.6) is 0 Å². The minimum atomic E-state index is 0.403. The van der Waals surface area contributed by atoms with E-state index in [1.807, 2.05) is 12.1 Å². The second-order valence-electron chi connectivity index (χ2n) is 6.99. The number of nitrogens with two attached hydrogens (primary N) is 1. The Kier molecular flexibility index (Phi) is 3.00. The molecule has 1 aromatic rings.